The first-order chi connectivity index (χ1) is 12.8. The number of aromatic amines is 1. The molecule has 5 nitrogen and oxygen atoms in total. The number of H-pyrrole nitrogens is 1. The summed E-state index contributed by atoms with van der Waals surface area (Å²) in [6.07, 6.45) is 4.84. The molecule has 2 heterocycles. The van der Waals surface area contributed by atoms with E-state index in [1.54, 1.807) is 12.3 Å². The number of carbonyl (C=O) groups excluding carboxylic acids is 1. The Bertz CT molecular complexity index is 1150. The highest BCUT2D eigenvalue weighted by atomic mass is 16.1. The highest BCUT2D eigenvalue weighted by Crippen LogP contribution is 2.20. The van der Waals surface area contributed by atoms with Crippen molar-refractivity contribution >= 4 is 33.8 Å². The number of benzene rings is 2. The maximum atomic E-state index is 12.6. The summed E-state index contributed by atoms with van der Waals surface area (Å²) in [5.41, 5.74) is 3.18. The molecule has 0 spiro atoms. The van der Waals surface area contributed by atoms with E-state index in [2.05, 4.69) is 15.0 Å². The van der Waals surface area contributed by atoms with Crippen molar-refractivity contribution in [2.24, 2.45) is 0 Å². The fraction of sp³-hybridized carbons (Fsp3) is 0.0476. The van der Waals surface area contributed by atoms with E-state index in [4.69, 9.17) is 0 Å². The third-order valence-corrected chi connectivity index (χ3v) is 4.19. The minimum atomic E-state index is -0.971. The lowest BCUT2D eigenvalue weighted by molar-refractivity contribution is -0.114. The maximum absolute atomic E-state index is 12.6. The largest absolute Gasteiger partial charge is 0.340 e. The first-order valence-corrected chi connectivity index (χ1v) is 8.16. The van der Waals surface area contributed by atoms with Crippen LogP contribution in [0.25, 0.3) is 28.0 Å². The standard InChI is InChI=1S/C21H14N4O/c22-13-16(21-24-17-8-1-2-9-18(17)25-21)19(26)11-10-15-6-3-5-14-7-4-12-23-20(14)15/h1-12,16H,(H,24,25)/b11-10+. The molecule has 0 saturated carbocycles. The first kappa shape index (κ1) is 15.7. The van der Waals surface area contributed by atoms with Gasteiger partial charge in [-0.1, -0.05) is 36.4 Å². The number of pyridine rings is 1. The zero-order valence-corrected chi connectivity index (χ0v) is 13.8. The minimum Gasteiger partial charge on any atom is -0.340 e. The summed E-state index contributed by atoms with van der Waals surface area (Å²) < 4.78 is 0. The topological polar surface area (TPSA) is 82.4 Å². The third-order valence-electron chi connectivity index (χ3n) is 4.19. The molecular formula is C21H14N4O. The summed E-state index contributed by atoms with van der Waals surface area (Å²) in [6, 6.07) is 19.1. The molecule has 5 heteroatoms. The number of nitrogens with one attached hydrogen (secondary N) is 1. The van der Waals surface area contributed by atoms with Gasteiger partial charge in [0.05, 0.1) is 22.6 Å². The summed E-state index contributed by atoms with van der Waals surface area (Å²) >= 11 is 0. The average molecular weight is 338 g/mol. The van der Waals surface area contributed by atoms with E-state index in [-0.39, 0.29) is 5.78 Å². The average Bonchev–Trinajstić information content (AvgIpc) is 3.10. The third kappa shape index (κ3) is 2.85. The molecule has 0 amide bonds. The van der Waals surface area contributed by atoms with Crippen LogP contribution < -0.4 is 0 Å². The molecular weight excluding hydrogens is 324 g/mol. The van der Waals surface area contributed by atoms with Crippen molar-refractivity contribution in [3.05, 3.63) is 78.3 Å². The molecule has 2 aromatic carbocycles. The van der Waals surface area contributed by atoms with E-state index in [0.717, 1.165) is 27.5 Å². The number of carbonyl (C=O) groups is 1. The number of hydrogen-bond donors (Lipinski definition) is 1. The lowest BCUT2D eigenvalue weighted by Crippen LogP contribution is -2.09. The molecule has 0 aliphatic carbocycles. The van der Waals surface area contributed by atoms with Gasteiger partial charge in [-0.25, -0.2) is 4.98 Å². The van der Waals surface area contributed by atoms with E-state index in [1.165, 1.54) is 6.08 Å². The van der Waals surface area contributed by atoms with E-state index < -0.39 is 5.92 Å². The van der Waals surface area contributed by atoms with Crippen LogP contribution >= 0.6 is 0 Å². The number of hydrogen-bond acceptors (Lipinski definition) is 4. The Morgan fingerprint density at radius 1 is 1.12 bits per heavy atom. The Morgan fingerprint density at radius 2 is 1.96 bits per heavy atom. The molecule has 2 aromatic heterocycles. The van der Waals surface area contributed by atoms with E-state index >= 15 is 0 Å². The molecule has 26 heavy (non-hydrogen) atoms. The quantitative estimate of drug-likeness (QED) is 0.570. The number of rotatable bonds is 4. The van der Waals surface area contributed by atoms with E-state index in [9.17, 15) is 10.1 Å². The first-order valence-electron chi connectivity index (χ1n) is 8.16. The van der Waals surface area contributed by atoms with Crippen LogP contribution in [-0.4, -0.2) is 20.7 Å². The zero-order valence-electron chi connectivity index (χ0n) is 13.8. The van der Waals surface area contributed by atoms with Crippen molar-refractivity contribution in [1.29, 1.82) is 5.26 Å². The summed E-state index contributed by atoms with van der Waals surface area (Å²) in [5, 5.41) is 10.5. The van der Waals surface area contributed by atoms with Crippen molar-refractivity contribution < 1.29 is 4.79 Å². The minimum absolute atomic E-state index is 0.320. The van der Waals surface area contributed by atoms with Crippen molar-refractivity contribution in [2.75, 3.05) is 0 Å². The normalized spacial score (nSPS) is 12.4. The Balaban J connectivity index is 1.65. The number of ketones is 1. The Labute approximate surface area is 149 Å². The molecule has 0 saturated heterocycles. The highest BCUT2D eigenvalue weighted by molar-refractivity contribution is 6.01. The van der Waals surface area contributed by atoms with Gasteiger partial charge in [0.25, 0.3) is 0 Å². The lowest BCUT2D eigenvalue weighted by atomic mass is 10.0. The smallest absolute Gasteiger partial charge is 0.180 e. The second kappa shape index (κ2) is 6.61. The fourth-order valence-electron chi connectivity index (χ4n) is 2.90. The number of imidazole rings is 1. The number of nitriles is 1. The van der Waals surface area contributed by atoms with Crippen LogP contribution in [-0.2, 0) is 4.79 Å². The molecule has 124 valence electrons. The number of nitrogens with zero attached hydrogens (tertiary/aromatic N) is 3. The van der Waals surface area contributed by atoms with Crippen LogP contribution in [0.4, 0.5) is 0 Å². The monoisotopic (exact) mass is 338 g/mol. The zero-order chi connectivity index (χ0) is 17.9. The van der Waals surface area contributed by atoms with Gasteiger partial charge in [0.1, 0.15) is 5.82 Å². The summed E-state index contributed by atoms with van der Waals surface area (Å²) in [7, 11) is 0. The molecule has 0 bridgehead atoms. The van der Waals surface area contributed by atoms with Gasteiger partial charge in [-0.05, 0) is 30.4 Å². The molecule has 0 aliphatic rings. The highest BCUT2D eigenvalue weighted by Gasteiger charge is 2.21. The van der Waals surface area contributed by atoms with Gasteiger partial charge in [0.2, 0.25) is 0 Å². The van der Waals surface area contributed by atoms with Crippen LogP contribution in [0.1, 0.15) is 17.3 Å². The molecule has 0 radical (unpaired) electrons. The second-order valence-corrected chi connectivity index (χ2v) is 5.86. The van der Waals surface area contributed by atoms with Gasteiger partial charge >= 0.3 is 0 Å². The Morgan fingerprint density at radius 3 is 2.81 bits per heavy atom. The number of fused-ring (bicyclic) bond motifs is 2. The van der Waals surface area contributed by atoms with Gasteiger partial charge in [-0.2, -0.15) is 5.26 Å². The van der Waals surface area contributed by atoms with Crippen molar-refractivity contribution in [3.8, 4) is 6.07 Å². The van der Waals surface area contributed by atoms with Gasteiger partial charge in [-0.15, -0.1) is 0 Å². The van der Waals surface area contributed by atoms with E-state index in [1.807, 2.05) is 60.7 Å². The maximum Gasteiger partial charge on any atom is 0.180 e. The van der Waals surface area contributed by atoms with Gasteiger partial charge in [-0.3, -0.25) is 9.78 Å². The molecule has 4 aromatic rings. The van der Waals surface area contributed by atoms with Crippen LogP contribution in [0.15, 0.2) is 66.9 Å². The number of aromatic nitrogens is 3. The molecule has 4 rings (SSSR count). The Kier molecular flexibility index (Phi) is 4.00. The van der Waals surface area contributed by atoms with Crippen molar-refractivity contribution in [2.45, 2.75) is 5.92 Å². The molecule has 0 fully saturated rings. The molecule has 1 N–H and O–H groups in total. The van der Waals surface area contributed by atoms with Crippen molar-refractivity contribution in [3.63, 3.8) is 0 Å². The van der Waals surface area contributed by atoms with Crippen LogP contribution in [0.2, 0.25) is 0 Å². The predicted molar refractivity (Wildman–Crippen MR) is 100 cm³/mol. The fourth-order valence-corrected chi connectivity index (χ4v) is 2.90. The summed E-state index contributed by atoms with van der Waals surface area (Å²) in [5.74, 6) is -0.930. The van der Waals surface area contributed by atoms with Gasteiger partial charge in [0.15, 0.2) is 11.7 Å². The van der Waals surface area contributed by atoms with E-state index in [0.29, 0.717) is 5.82 Å². The summed E-state index contributed by atoms with van der Waals surface area (Å²) in [4.78, 5) is 24.4. The van der Waals surface area contributed by atoms with Crippen LogP contribution in [0.5, 0.6) is 0 Å². The predicted octanol–water partition coefficient (Wildman–Crippen LogP) is 4.00. The Hall–Kier alpha value is -3.78. The van der Waals surface area contributed by atoms with Gasteiger partial charge < -0.3 is 4.98 Å². The molecule has 1 unspecified atom stereocenters. The number of para-hydroxylation sites is 3. The molecule has 1 atom stereocenters. The molecule has 0 aliphatic heterocycles. The van der Waals surface area contributed by atoms with Gasteiger partial charge in [0, 0.05) is 17.1 Å². The SMILES string of the molecule is N#CC(C(=O)/C=C/c1cccc2cccnc12)c1nc2ccccc2[nH]1. The van der Waals surface area contributed by atoms with Crippen LogP contribution in [0.3, 0.4) is 0 Å². The number of allylic oxidation sites excluding steroid dienone is 1. The second-order valence-electron chi connectivity index (χ2n) is 5.86. The van der Waals surface area contributed by atoms with Crippen LogP contribution in [0, 0.1) is 11.3 Å². The van der Waals surface area contributed by atoms with Crippen molar-refractivity contribution in [1.82, 2.24) is 15.0 Å². The lowest BCUT2D eigenvalue weighted by Gasteiger charge is -2.02. The summed E-state index contributed by atoms with van der Waals surface area (Å²) in [6.45, 7) is 0.